The van der Waals surface area contributed by atoms with Crippen molar-refractivity contribution in [3.05, 3.63) is 29.8 Å². The van der Waals surface area contributed by atoms with Crippen LogP contribution in [0.1, 0.15) is 37.7 Å². The van der Waals surface area contributed by atoms with Crippen molar-refractivity contribution < 1.29 is 14.3 Å². The molecule has 1 N–H and O–H groups in total. The zero-order chi connectivity index (χ0) is 17.5. The van der Waals surface area contributed by atoms with Crippen LogP contribution in [0.4, 0.5) is 0 Å². The number of hydrogen-bond acceptors (Lipinski definition) is 4. The molecule has 1 amide bonds. The Morgan fingerprint density at radius 2 is 1.88 bits per heavy atom. The number of carbonyl (C=O) groups excluding carboxylic acids is 1. The molecule has 3 rings (SSSR count). The minimum atomic E-state index is -0.356. The highest BCUT2D eigenvalue weighted by Gasteiger charge is 2.42. The Hall–Kier alpha value is -1.59. The summed E-state index contributed by atoms with van der Waals surface area (Å²) in [6, 6.07) is 8.02. The molecule has 0 unspecified atom stereocenters. The number of benzene rings is 1. The Morgan fingerprint density at radius 1 is 1.20 bits per heavy atom. The molecule has 1 saturated heterocycles. The quantitative estimate of drug-likeness (QED) is 0.770. The van der Waals surface area contributed by atoms with Crippen LogP contribution in [0.3, 0.4) is 0 Å². The molecule has 0 radical (unpaired) electrons. The Balaban J connectivity index is 1.55. The largest absolute Gasteiger partial charge is 0.497 e. The SMILES string of the molecule is COc1ccc(C2(C(=O)NCCCN3CCOCC3)CCCC2)cc1. The molecule has 1 aliphatic heterocycles. The van der Waals surface area contributed by atoms with Crippen molar-refractivity contribution >= 4 is 5.91 Å². The number of amides is 1. The minimum Gasteiger partial charge on any atom is -0.497 e. The summed E-state index contributed by atoms with van der Waals surface area (Å²) < 4.78 is 10.6. The number of methoxy groups -OCH3 is 1. The molecule has 25 heavy (non-hydrogen) atoms. The van der Waals surface area contributed by atoms with Crippen LogP contribution < -0.4 is 10.1 Å². The van der Waals surface area contributed by atoms with E-state index in [9.17, 15) is 4.79 Å². The van der Waals surface area contributed by atoms with E-state index in [0.29, 0.717) is 0 Å². The van der Waals surface area contributed by atoms with E-state index in [0.717, 1.165) is 82.8 Å². The van der Waals surface area contributed by atoms with Gasteiger partial charge in [0.1, 0.15) is 5.75 Å². The molecule has 0 spiro atoms. The Bertz CT molecular complexity index is 547. The predicted octanol–water partition coefficient (Wildman–Crippen LogP) is 2.35. The van der Waals surface area contributed by atoms with E-state index in [1.54, 1.807) is 7.11 Å². The maximum absolute atomic E-state index is 13.0. The highest BCUT2D eigenvalue weighted by molar-refractivity contribution is 5.88. The summed E-state index contributed by atoms with van der Waals surface area (Å²) in [4.78, 5) is 15.4. The van der Waals surface area contributed by atoms with Crippen LogP contribution >= 0.6 is 0 Å². The van der Waals surface area contributed by atoms with E-state index in [-0.39, 0.29) is 11.3 Å². The molecule has 1 heterocycles. The molecule has 5 heteroatoms. The summed E-state index contributed by atoms with van der Waals surface area (Å²) in [6.45, 7) is 5.43. The Labute approximate surface area is 150 Å². The van der Waals surface area contributed by atoms with Gasteiger partial charge in [0.25, 0.3) is 0 Å². The number of ether oxygens (including phenoxy) is 2. The van der Waals surface area contributed by atoms with Gasteiger partial charge in [-0.1, -0.05) is 25.0 Å². The fourth-order valence-electron chi connectivity index (χ4n) is 4.03. The maximum atomic E-state index is 13.0. The summed E-state index contributed by atoms with van der Waals surface area (Å²) in [5.74, 6) is 1.03. The maximum Gasteiger partial charge on any atom is 0.230 e. The molecular formula is C20H30N2O3. The number of rotatable bonds is 7. The van der Waals surface area contributed by atoms with Gasteiger partial charge in [-0.05, 0) is 43.5 Å². The Kier molecular flexibility index (Phi) is 6.32. The van der Waals surface area contributed by atoms with Crippen molar-refractivity contribution in [2.75, 3.05) is 46.5 Å². The Morgan fingerprint density at radius 3 is 2.52 bits per heavy atom. The third-order valence-corrected chi connectivity index (χ3v) is 5.57. The van der Waals surface area contributed by atoms with E-state index in [2.05, 4.69) is 22.3 Å². The van der Waals surface area contributed by atoms with E-state index in [1.807, 2.05) is 12.1 Å². The van der Waals surface area contributed by atoms with Gasteiger partial charge in [-0.3, -0.25) is 9.69 Å². The average Bonchev–Trinajstić information content (AvgIpc) is 3.17. The van der Waals surface area contributed by atoms with Gasteiger partial charge in [-0.25, -0.2) is 0 Å². The minimum absolute atomic E-state index is 0.192. The molecule has 2 aliphatic rings. The van der Waals surface area contributed by atoms with E-state index in [1.165, 1.54) is 0 Å². The molecule has 138 valence electrons. The monoisotopic (exact) mass is 346 g/mol. The summed E-state index contributed by atoms with van der Waals surface area (Å²) in [5, 5.41) is 3.20. The number of morpholine rings is 1. The summed E-state index contributed by atoms with van der Waals surface area (Å²) in [7, 11) is 1.67. The first-order valence-corrected chi connectivity index (χ1v) is 9.47. The first-order chi connectivity index (χ1) is 12.2. The predicted molar refractivity (Wildman–Crippen MR) is 98.0 cm³/mol. The topological polar surface area (TPSA) is 50.8 Å². The number of nitrogens with one attached hydrogen (secondary N) is 1. The van der Waals surface area contributed by atoms with Crippen molar-refractivity contribution in [3.8, 4) is 5.75 Å². The van der Waals surface area contributed by atoms with E-state index in [4.69, 9.17) is 9.47 Å². The highest BCUT2D eigenvalue weighted by Crippen LogP contribution is 2.41. The van der Waals surface area contributed by atoms with E-state index < -0.39 is 0 Å². The second kappa shape index (κ2) is 8.68. The number of carbonyl (C=O) groups is 1. The second-order valence-corrected chi connectivity index (χ2v) is 7.08. The van der Waals surface area contributed by atoms with Gasteiger partial charge in [-0.15, -0.1) is 0 Å². The normalized spacial score (nSPS) is 20.4. The van der Waals surface area contributed by atoms with Crippen molar-refractivity contribution in [3.63, 3.8) is 0 Å². The summed E-state index contributed by atoms with van der Waals surface area (Å²) >= 11 is 0. The van der Waals surface area contributed by atoms with Gasteiger partial charge in [0, 0.05) is 19.6 Å². The van der Waals surface area contributed by atoms with Gasteiger partial charge in [-0.2, -0.15) is 0 Å². The summed E-state index contributed by atoms with van der Waals surface area (Å²) in [5.41, 5.74) is 0.766. The standard InChI is InChI=1S/C20H30N2O3/c1-24-18-7-5-17(6-8-18)20(9-2-3-10-20)19(23)21-11-4-12-22-13-15-25-16-14-22/h5-8H,2-4,9-16H2,1H3,(H,21,23). The number of nitrogens with zero attached hydrogens (tertiary/aromatic N) is 1. The third kappa shape index (κ3) is 4.33. The highest BCUT2D eigenvalue weighted by atomic mass is 16.5. The lowest BCUT2D eigenvalue weighted by Crippen LogP contribution is -2.44. The average molecular weight is 346 g/mol. The lowest BCUT2D eigenvalue weighted by atomic mass is 9.78. The zero-order valence-corrected chi connectivity index (χ0v) is 15.3. The van der Waals surface area contributed by atoms with Crippen LogP contribution in [0, 0.1) is 0 Å². The van der Waals surface area contributed by atoms with E-state index >= 15 is 0 Å². The molecule has 0 bridgehead atoms. The first kappa shape index (κ1) is 18.2. The summed E-state index contributed by atoms with van der Waals surface area (Å²) in [6.07, 6.45) is 5.11. The van der Waals surface area contributed by atoms with Crippen LogP contribution in [-0.2, 0) is 14.9 Å². The van der Waals surface area contributed by atoms with Crippen LogP contribution in [0.25, 0.3) is 0 Å². The van der Waals surface area contributed by atoms with Gasteiger partial charge >= 0.3 is 0 Å². The van der Waals surface area contributed by atoms with Gasteiger partial charge < -0.3 is 14.8 Å². The molecular weight excluding hydrogens is 316 g/mol. The molecule has 1 aromatic carbocycles. The van der Waals surface area contributed by atoms with Crippen molar-refractivity contribution in [2.45, 2.75) is 37.5 Å². The fourth-order valence-corrected chi connectivity index (χ4v) is 4.03. The van der Waals surface area contributed by atoms with Gasteiger partial charge in [0.15, 0.2) is 0 Å². The molecule has 0 atom stereocenters. The van der Waals surface area contributed by atoms with Crippen molar-refractivity contribution in [1.29, 1.82) is 0 Å². The lowest BCUT2D eigenvalue weighted by molar-refractivity contribution is -0.126. The lowest BCUT2D eigenvalue weighted by Gasteiger charge is -2.29. The molecule has 2 fully saturated rings. The van der Waals surface area contributed by atoms with Crippen LogP contribution in [-0.4, -0.2) is 57.3 Å². The van der Waals surface area contributed by atoms with Gasteiger partial charge in [0.2, 0.25) is 5.91 Å². The van der Waals surface area contributed by atoms with Crippen LogP contribution in [0.5, 0.6) is 5.75 Å². The van der Waals surface area contributed by atoms with Crippen LogP contribution in [0.15, 0.2) is 24.3 Å². The first-order valence-electron chi connectivity index (χ1n) is 9.47. The van der Waals surface area contributed by atoms with Crippen molar-refractivity contribution in [1.82, 2.24) is 10.2 Å². The second-order valence-electron chi connectivity index (χ2n) is 7.08. The molecule has 1 aromatic rings. The molecule has 1 saturated carbocycles. The third-order valence-electron chi connectivity index (χ3n) is 5.57. The zero-order valence-electron chi connectivity index (χ0n) is 15.3. The smallest absolute Gasteiger partial charge is 0.230 e. The molecule has 1 aliphatic carbocycles. The van der Waals surface area contributed by atoms with Crippen LogP contribution in [0.2, 0.25) is 0 Å². The van der Waals surface area contributed by atoms with Gasteiger partial charge in [0.05, 0.1) is 25.7 Å². The molecule has 0 aromatic heterocycles. The fraction of sp³-hybridized carbons (Fsp3) is 0.650. The number of hydrogen-bond donors (Lipinski definition) is 1. The molecule has 5 nitrogen and oxygen atoms in total. The van der Waals surface area contributed by atoms with Crippen molar-refractivity contribution in [2.24, 2.45) is 0 Å².